The predicted octanol–water partition coefficient (Wildman–Crippen LogP) is 1.56. The Morgan fingerprint density at radius 1 is 1.38 bits per heavy atom. The maximum Gasteiger partial charge on any atom is 0.327 e. The second-order valence-corrected chi connectivity index (χ2v) is 13.7. The van der Waals surface area contributed by atoms with Gasteiger partial charge >= 0.3 is 12.7 Å². The summed E-state index contributed by atoms with van der Waals surface area (Å²) in [5.74, 6) is -0.310. The Bertz CT molecular complexity index is 1410. The van der Waals surface area contributed by atoms with Gasteiger partial charge in [-0.1, -0.05) is 41.7 Å². The van der Waals surface area contributed by atoms with Crippen molar-refractivity contribution in [3.05, 3.63) is 42.2 Å². The summed E-state index contributed by atoms with van der Waals surface area (Å²) in [5, 5.41) is 24.7. The van der Waals surface area contributed by atoms with E-state index in [-0.39, 0.29) is 35.4 Å². The van der Waals surface area contributed by atoms with E-state index in [2.05, 4.69) is 20.0 Å². The summed E-state index contributed by atoms with van der Waals surface area (Å²) in [4.78, 5) is 25.0. The smallest absolute Gasteiger partial charge is 0.327 e. The number of nitrogen functional groups attached to an aromatic ring is 1. The maximum atomic E-state index is 13.3. The van der Waals surface area contributed by atoms with Gasteiger partial charge in [-0.15, -0.1) is 0 Å². The van der Waals surface area contributed by atoms with Gasteiger partial charge in [0, 0.05) is 5.75 Å². The average molecular weight is 581 g/mol. The molecule has 0 radical (unpaired) electrons. The molecule has 16 heteroatoms. The second-order valence-electron chi connectivity index (χ2n) is 9.37. The average Bonchev–Trinajstić information content (AvgIpc) is 3.57. The van der Waals surface area contributed by atoms with E-state index in [1.165, 1.54) is 24.9 Å². The first-order chi connectivity index (χ1) is 18.5. The molecule has 14 nitrogen and oxygen atoms in total. The fourth-order valence-corrected chi connectivity index (χ4v) is 8.33. The molecule has 39 heavy (non-hydrogen) atoms. The van der Waals surface area contributed by atoms with Crippen molar-refractivity contribution in [2.45, 2.75) is 50.0 Å². The van der Waals surface area contributed by atoms with Crippen molar-refractivity contribution in [1.29, 1.82) is 0 Å². The van der Waals surface area contributed by atoms with Gasteiger partial charge in [0.2, 0.25) is 11.8 Å². The normalized spacial score (nSPS) is 31.4. The van der Waals surface area contributed by atoms with Crippen LogP contribution in [0.5, 0.6) is 5.88 Å². The Kier molecular flexibility index (Phi) is 7.59. The zero-order chi connectivity index (χ0) is 27.9. The molecule has 2 aliphatic heterocycles. The molecule has 1 aromatic carbocycles. The Balaban J connectivity index is 1.23. The topological polar surface area (TPSA) is 193 Å². The van der Waals surface area contributed by atoms with E-state index < -0.39 is 48.9 Å². The van der Waals surface area contributed by atoms with Gasteiger partial charge < -0.3 is 34.7 Å². The summed E-state index contributed by atoms with van der Waals surface area (Å²) in [5.41, 5.74) is 5.33. The van der Waals surface area contributed by atoms with Crippen molar-refractivity contribution in [3.8, 4) is 5.88 Å². The van der Waals surface area contributed by atoms with Gasteiger partial charge in [-0.25, -0.2) is 10.1 Å². The summed E-state index contributed by atoms with van der Waals surface area (Å²) in [6.45, 7) is -0.719. The highest BCUT2D eigenvalue weighted by molar-refractivity contribution is 8.56. The minimum absolute atomic E-state index is 0.0761. The van der Waals surface area contributed by atoms with E-state index in [4.69, 9.17) is 24.5 Å². The molecule has 3 aromatic rings. The summed E-state index contributed by atoms with van der Waals surface area (Å²) in [6.07, 6.45) is -2.75. The zero-order valence-corrected chi connectivity index (χ0v) is 23.0. The molecule has 1 unspecified atom stereocenters. The standard InChI is InChI=1S/C23H29N6O8PS/c1-12(13-7-5-4-6-8-13)36-20(31)14-10-39-38(33,28-14)35-9-15-17(30)23(2,32)21(37-15)29-11-25-16-18(29)26-22(24)27-19(16)34-3/h4-8,11-12,14-15,17,21,30,32H,9-10H2,1-3H3,(H,28,33)(H2,24,26,27)/t12-,14?,15+,17+,21+,23+,38-/m0/s1. The van der Waals surface area contributed by atoms with Gasteiger partial charge in [0.1, 0.15) is 30.0 Å². The Morgan fingerprint density at radius 2 is 2.13 bits per heavy atom. The lowest BCUT2D eigenvalue weighted by atomic mass is 9.96. The van der Waals surface area contributed by atoms with Gasteiger partial charge in [-0.3, -0.25) is 13.9 Å². The van der Waals surface area contributed by atoms with E-state index >= 15 is 0 Å². The lowest BCUT2D eigenvalue weighted by molar-refractivity contribution is -0.150. The first-order valence-electron chi connectivity index (χ1n) is 12.0. The van der Waals surface area contributed by atoms with Crippen LogP contribution < -0.4 is 15.6 Å². The number of anilines is 1. The number of rotatable bonds is 8. The number of imidazole rings is 1. The van der Waals surface area contributed by atoms with Crippen LogP contribution >= 0.6 is 18.1 Å². The van der Waals surface area contributed by atoms with Crippen LogP contribution in [0.2, 0.25) is 0 Å². The molecule has 0 aliphatic carbocycles. The van der Waals surface area contributed by atoms with Crippen molar-refractivity contribution in [3.63, 3.8) is 0 Å². The number of nitrogens with zero attached hydrogens (tertiary/aromatic N) is 4. The molecule has 0 spiro atoms. The highest BCUT2D eigenvalue weighted by Crippen LogP contribution is 2.61. The molecular formula is C23H29N6O8PS. The van der Waals surface area contributed by atoms with E-state index in [9.17, 15) is 19.6 Å². The van der Waals surface area contributed by atoms with Crippen molar-refractivity contribution in [2.24, 2.45) is 0 Å². The highest BCUT2D eigenvalue weighted by atomic mass is 32.7. The Labute approximate surface area is 227 Å². The lowest BCUT2D eigenvalue weighted by Crippen LogP contribution is -2.44. The number of aliphatic hydroxyl groups is 2. The largest absolute Gasteiger partial charge is 0.479 e. The molecule has 0 amide bonds. The Morgan fingerprint density at radius 3 is 2.85 bits per heavy atom. The molecule has 2 aliphatic rings. The van der Waals surface area contributed by atoms with Crippen LogP contribution in [0.4, 0.5) is 5.95 Å². The number of aliphatic hydroxyl groups excluding tert-OH is 1. The van der Waals surface area contributed by atoms with E-state index in [0.717, 1.165) is 16.9 Å². The number of nitrogens with one attached hydrogen (secondary N) is 1. The van der Waals surface area contributed by atoms with Gasteiger partial charge in [-0.05, 0) is 19.4 Å². The molecule has 2 fully saturated rings. The third-order valence-corrected chi connectivity index (χ3v) is 10.6. The fourth-order valence-electron chi connectivity index (χ4n) is 4.45. The SMILES string of the molecule is COc1nc(N)nc2c1ncn2[C@@H]1O[C@H](CO[P@@]2(=O)NC(C(=O)O[C@@H](C)c3ccccc3)CS2)[C@@H](O)[C@@]1(C)O. The third-order valence-electron chi connectivity index (χ3n) is 6.59. The van der Waals surface area contributed by atoms with Gasteiger partial charge in [-0.2, -0.15) is 9.97 Å². The zero-order valence-electron chi connectivity index (χ0n) is 21.3. The number of methoxy groups -OCH3 is 1. The van der Waals surface area contributed by atoms with Gasteiger partial charge in [0.15, 0.2) is 17.4 Å². The first kappa shape index (κ1) is 27.8. The van der Waals surface area contributed by atoms with Crippen LogP contribution in [-0.2, 0) is 23.4 Å². The highest BCUT2D eigenvalue weighted by Gasteiger charge is 2.54. The molecule has 4 heterocycles. The van der Waals surface area contributed by atoms with Crippen molar-refractivity contribution in [2.75, 3.05) is 25.2 Å². The van der Waals surface area contributed by atoms with Crippen LogP contribution in [0.15, 0.2) is 36.7 Å². The van der Waals surface area contributed by atoms with E-state index in [1.54, 1.807) is 6.92 Å². The van der Waals surface area contributed by atoms with Crippen LogP contribution in [-0.4, -0.2) is 79.0 Å². The second kappa shape index (κ2) is 10.7. The van der Waals surface area contributed by atoms with E-state index in [1.807, 2.05) is 30.3 Å². The number of ether oxygens (including phenoxy) is 3. The number of carbonyl (C=O) groups excluding carboxylic acids is 1. The molecule has 5 rings (SSSR count). The van der Waals surface area contributed by atoms with Crippen LogP contribution in [0.25, 0.3) is 11.2 Å². The first-order valence-corrected chi connectivity index (χ1v) is 15.3. The molecule has 2 aromatic heterocycles. The number of hydrogen-bond donors (Lipinski definition) is 4. The molecule has 5 N–H and O–H groups in total. The summed E-state index contributed by atoms with van der Waals surface area (Å²) < 4.78 is 37.0. The number of benzene rings is 1. The molecular weight excluding hydrogens is 551 g/mol. The fraction of sp³-hybridized carbons (Fsp3) is 0.478. The molecule has 210 valence electrons. The van der Waals surface area contributed by atoms with E-state index in [0.29, 0.717) is 0 Å². The minimum Gasteiger partial charge on any atom is -0.479 e. The van der Waals surface area contributed by atoms with Gasteiger partial charge in [0.05, 0.1) is 20.0 Å². The van der Waals surface area contributed by atoms with Crippen LogP contribution in [0.1, 0.15) is 31.7 Å². The number of hydrogen-bond acceptors (Lipinski definition) is 13. The summed E-state index contributed by atoms with van der Waals surface area (Å²) >= 11 is 0.956. The number of aromatic nitrogens is 4. The predicted molar refractivity (Wildman–Crippen MR) is 141 cm³/mol. The molecule has 7 atom stereocenters. The van der Waals surface area contributed by atoms with Crippen LogP contribution in [0.3, 0.4) is 0 Å². The van der Waals surface area contributed by atoms with Crippen molar-refractivity contribution >= 4 is 41.2 Å². The molecule has 0 bridgehead atoms. The Hall–Kier alpha value is -2.78. The minimum atomic E-state index is -3.53. The number of esters is 1. The summed E-state index contributed by atoms with van der Waals surface area (Å²) in [7, 11) is 1.41. The monoisotopic (exact) mass is 580 g/mol. The van der Waals surface area contributed by atoms with Crippen molar-refractivity contribution in [1.82, 2.24) is 24.6 Å². The lowest BCUT2D eigenvalue weighted by Gasteiger charge is -2.27. The van der Waals surface area contributed by atoms with Gasteiger partial charge in [0.25, 0.3) is 0 Å². The quantitative estimate of drug-likeness (QED) is 0.221. The summed E-state index contributed by atoms with van der Waals surface area (Å²) in [6, 6.07) is 8.43. The maximum absolute atomic E-state index is 13.3. The number of fused-ring (bicyclic) bond motifs is 1. The number of nitrogens with two attached hydrogens (primary N) is 1. The van der Waals surface area contributed by atoms with Crippen molar-refractivity contribution < 1.29 is 38.3 Å². The molecule has 2 saturated heterocycles. The van der Waals surface area contributed by atoms with Crippen LogP contribution in [0, 0.1) is 0 Å². The number of carbonyl (C=O) groups is 1. The molecule has 0 saturated carbocycles. The third kappa shape index (κ3) is 5.35.